The van der Waals surface area contributed by atoms with Crippen LogP contribution in [-0.4, -0.2) is 57.1 Å². The van der Waals surface area contributed by atoms with Gasteiger partial charge in [-0.3, -0.25) is 4.79 Å². The number of benzene rings is 2. The molecule has 1 unspecified atom stereocenters. The van der Waals surface area contributed by atoms with Gasteiger partial charge >= 0.3 is 6.09 Å². The van der Waals surface area contributed by atoms with Crippen LogP contribution in [0, 0.1) is 0 Å². The van der Waals surface area contributed by atoms with Gasteiger partial charge in [0.15, 0.2) is 0 Å². The molecule has 1 fully saturated rings. The van der Waals surface area contributed by atoms with Crippen molar-refractivity contribution >= 4 is 28.7 Å². The van der Waals surface area contributed by atoms with Crippen LogP contribution in [-0.2, 0) is 27.1 Å². The van der Waals surface area contributed by atoms with Gasteiger partial charge in [0.2, 0.25) is 5.91 Å². The molecule has 1 aliphatic rings. The number of amides is 2. The Morgan fingerprint density at radius 1 is 1.07 bits per heavy atom. The van der Waals surface area contributed by atoms with Crippen molar-refractivity contribution in [3.8, 4) is 0 Å². The van der Waals surface area contributed by atoms with Crippen LogP contribution in [0.25, 0.3) is 0 Å². The van der Waals surface area contributed by atoms with Gasteiger partial charge in [-0.2, -0.15) is 0 Å². The molecule has 1 heterocycles. The van der Waals surface area contributed by atoms with Gasteiger partial charge in [0, 0.05) is 31.9 Å². The fourth-order valence-electron chi connectivity index (χ4n) is 2.87. The molecular formula is C21H25N3O5S. The van der Waals surface area contributed by atoms with Crippen LogP contribution in [0.4, 0.5) is 10.5 Å². The third-order valence-corrected chi connectivity index (χ3v) is 5.92. The van der Waals surface area contributed by atoms with E-state index in [1.165, 1.54) is 6.08 Å². The lowest BCUT2D eigenvalue weighted by molar-refractivity contribution is -0.111. The first-order valence-corrected chi connectivity index (χ1v) is 10.3. The Kier molecular flexibility index (Phi) is 8.72. The van der Waals surface area contributed by atoms with Crippen LogP contribution in [0.3, 0.4) is 0 Å². The highest BCUT2D eigenvalue weighted by Gasteiger charge is 2.26. The number of carbonyl (C=O) groups excluding carboxylic acids is 2. The van der Waals surface area contributed by atoms with Gasteiger partial charge in [0.25, 0.3) is 0 Å². The molecule has 160 valence electrons. The van der Waals surface area contributed by atoms with E-state index in [-0.39, 0.29) is 24.1 Å². The Balaban J connectivity index is 0.00000320. The zero-order valence-electron chi connectivity index (χ0n) is 16.5. The molecule has 0 bridgehead atoms. The van der Waals surface area contributed by atoms with Crippen molar-refractivity contribution < 1.29 is 24.0 Å². The topological polar surface area (TPSA) is 110 Å². The number of piperazine rings is 1. The quantitative estimate of drug-likeness (QED) is 0.705. The summed E-state index contributed by atoms with van der Waals surface area (Å²) < 4.78 is 20.0. The molecule has 2 aromatic rings. The molecule has 1 atom stereocenters. The number of hydrogen-bond acceptors (Lipinski definition) is 4. The molecular weight excluding hydrogens is 406 g/mol. The lowest BCUT2D eigenvalue weighted by Crippen LogP contribution is -2.49. The number of anilines is 1. The average molecular weight is 432 g/mol. The van der Waals surface area contributed by atoms with Gasteiger partial charge in [0.1, 0.15) is 17.6 Å². The number of nitrogens with one attached hydrogen (secondary N) is 1. The summed E-state index contributed by atoms with van der Waals surface area (Å²) in [5.74, 6) is -0.324. The van der Waals surface area contributed by atoms with E-state index < -0.39 is 11.0 Å². The van der Waals surface area contributed by atoms with Crippen molar-refractivity contribution in [2.24, 2.45) is 0 Å². The summed E-state index contributed by atoms with van der Waals surface area (Å²) in [6.07, 6.45) is 0.813. The van der Waals surface area contributed by atoms with E-state index in [0.29, 0.717) is 36.8 Å². The zero-order valence-corrected chi connectivity index (χ0v) is 17.3. The van der Waals surface area contributed by atoms with E-state index in [2.05, 4.69) is 11.9 Å². The van der Waals surface area contributed by atoms with Gasteiger partial charge in [0.05, 0.1) is 4.90 Å². The largest absolute Gasteiger partial charge is 0.445 e. The van der Waals surface area contributed by atoms with Gasteiger partial charge in [-0.05, 0) is 29.8 Å². The Bertz CT molecular complexity index is 899. The molecule has 2 aromatic carbocycles. The highest BCUT2D eigenvalue weighted by atomic mass is 32.2. The van der Waals surface area contributed by atoms with Crippen molar-refractivity contribution in [3.05, 3.63) is 72.8 Å². The van der Waals surface area contributed by atoms with E-state index in [4.69, 9.17) is 4.74 Å². The second-order valence-electron chi connectivity index (χ2n) is 6.43. The number of ether oxygens (including phenoxy) is 1. The summed E-state index contributed by atoms with van der Waals surface area (Å²) in [4.78, 5) is 25.9. The summed E-state index contributed by atoms with van der Waals surface area (Å²) in [5, 5.41) is 2.66. The second kappa shape index (κ2) is 11.2. The van der Waals surface area contributed by atoms with Crippen molar-refractivity contribution in [3.63, 3.8) is 0 Å². The van der Waals surface area contributed by atoms with E-state index in [0.717, 1.165) is 5.56 Å². The summed E-state index contributed by atoms with van der Waals surface area (Å²) >= 11 is 0. The summed E-state index contributed by atoms with van der Waals surface area (Å²) in [5.41, 5.74) is 1.49. The molecule has 0 spiro atoms. The van der Waals surface area contributed by atoms with Gasteiger partial charge in [-0.1, -0.05) is 43.0 Å². The minimum atomic E-state index is -1.38. The molecule has 3 rings (SSSR count). The molecule has 0 saturated carbocycles. The molecule has 0 radical (unpaired) electrons. The smallest absolute Gasteiger partial charge is 0.410 e. The number of hydrogen-bond donors (Lipinski definition) is 1. The summed E-state index contributed by atoms with van der Waals surface area (Å²) in [6, 6.07) is 16.4. The normalized spacial score (nSPS) is 14.9. The number of rotatable bonds is 6. The summed E-state index contributed by atoms with van der Waals surface area (Å²) in [6.45, 7) is 5.46. The minimum Gasteiger partial charge on any atom is -0.445 e. The third-order valence-electron chi connectivity index (χ3n) is 4.43. The van der Waals surface area contributed by atoms with Gasteiger partial charge < -0.3 is 20.4 Å². The first-order valence-electron chi connectivity index (χ1n) is 9.23. The predicted molar refractivity (Wildman–Crippen MR) is 115 cm³/mol. The average Bonchev–Trinajstić information content (AvgIpc) is 2.78. The molecule has 1 aliphatic heterocycles. The monoisotopic (exact) mass is 431 g/mol. The molecule has 30 heavy (non-hydrogen) atoms. The molecule has 1 saturated heterocycles. The minimum absolute atomic E-state index is 0. The lowest BCUT2D eigenvalue weighted by Gasteiger charge is -2.33. The maximum atomic E-state index is 12.9. The Morgan fingerprint density at radius 3 is 2.43 bits per heavy atom. The second-order valence-corrected chi connectivity index (χ2v) is 7.91. The molecule has 9 heteroatoms. The third kappa shape index (κ3) is 6.24. The Hall–Kier alpha value is -3.01. The van der Waals surface area contributed by atoms with Crippen molar-refractivity contribution in [1.82, 2.24) is 9.21 Å². The van der Waals surface area contributed by atoms with E-state index in [1.807, 2.05) is 30.3 Å². The molecule has 0 aliphatic carbocycles. The fraction of sp³-hybridized carbons (Fsp3) is 0.238. The molecule has 0 aromatic heterocycles. The maximum Gasteiger partial charge on any atom is 0.410 e. The number of nitrogens with zero attached hydrogens (tertiary/aromatic N) is 2. The van der Waals surface area contributed by atoms with Gasteiger partial charge in [-0.25, -0.2) is 13.3 Å². The predicted octanol–water partition coefficient (Wildman–Crippen LogP) is 1.96. The van der Waals surface area contributed by atoms with Crippen LogP contribution in [0.15, 0.2) is 72.1 Å². The van der Waals surface area contributed by atoms with Crippen LogP contribution >= 0.6 is 0 Å². The van der Waals surface area contributed by atoms with Crippen molar-refractivity contribution in [2.45, 2.75) is 11.5 Å². The highest BCUT2D eigenvalue weighted by Crippen LogP contribution is 2.18. The Morgan fingerprint density at radius 2 is 1.77 bits per heavy atom. The van der Waals surface area contributed by atoms with Crippen LogP contribution in [0.5, 0.6) is 0 Å². The maximum absolute atomic E-state index is 12.9. The lowest BCUT2D eigenvalue weighted by atomic mass is 10.2. The summed E-state index contributed by atoms with van der Waals surface area (Å²) in [7, 11) is -1.38. The van der Waals surface area contributed by atoms with Crippen LogP contribution < -0.4 is 5.32 Å². The molecule has 3 N–H and O–H groups in total. The van der Waals surface area contributed by atoms with Crippen LogP contribution in [0.1, 0.15) is 5.56 Å². The number of carbonyl (C=O) groups is 2. The molecule has 2 amide bonds. The molecule has 8 nitrogen and oxygen atoms in total. The zero-order chi connectivity index (χ0) is 20.6. The van der Waals surface area contributed by atoms with Gasteiger partial charge in [-0.15, -0.1) is 0 Å². The van der Waals surface area contributed by atoms with Crippen molar-refractivity contribution in [1.29, 1.82) is 0 Å². The van der Waals surface area contributed by atoms with Crippen molar-refractivity contribution in [2.75, 3.05) is 31.5 Å². The standard InChI is InChI=1S/C21H23N3O4S.H2O/c1-2-20(25)22-18-9-6-10-19(15-18)29(27)24-13-11-23(12-14-24)21(26)28-16-17-7-4-3-5-8-17;/h2-10,15H,1,11-14,16H2,(H,22,25);1H2. The first kappa shape index (κ1) is 23.3. The van der Waals surface area contributed by atoms with E-state index in [9.17, 15) is 13.8 Å². The first-order chi connectivity index (χ1) is 14.1. The fourth-order valence-corrected chi connectivity index (χ4v) is 4.09. The Labute approximate surface area is 178 Å². The SMILES string of the molecule is C=CC(=O)Nc1cccc(S(=O)N2CCN(C(=O)OCc3ccccc3)CC2)c1.O. The highest BCUT2D eigenvalue weighted by molar-refractivity contribution is 7.82. The van der Waals surface area contributed by atoms with Crippen LogP contribution in [0.2, 0.25) is 0 Å². The van der Waals surface area contributed by atoms with E-state index in [1.54, 1.807) is 33.5 Å². The van der Waals surface area contributed by atoms with E-state index >= 15 is 0 Å².